The van der Waals surface area contributed by atoms with E-state index in [1.807, 2.05) is 19.0 Å². The molecule has 1 heterocycles. The van der Waals surface area contributed by atoms with Crippen LogP contribution in [0.15, 0.2) is 28.9 Å². The fourth-order valence-corrected chi connectivity index (χ4v) is 2.48. The molecule has 0 fully saturated rings. The molecule has 0 aliphatic rings. The maximum absolute atomic E-state index is 12.7. The number of halogens is 4. The minimum atomic E-state index is -4.89. The van der Waals surface area contributed by atoms with Crippen molar-refractivity contribution in [2.75, 3.05) is 20.6 Å². The van der Waals surface area contributed by atoms with Gasteiger partial charge >= 0.3 is 12.1 Å². The van der Waals surface area contributed by atoms with Gasteiger partial charge in [0.05, 0.1) is 5.52 Å². The van der Waals surface area contributed by atoms with Crippen LogP contribution in [0.5, 0.6) is 0 Å². The summed E-state index contributed by atoms with van der Waals surface area (Å²) < 4.78 is 39.5. The Morgan fingerprint density at radius 1 is 1.33 bits per heavy atom. The molecule has 0 bridgehead atoms. The van der Waals surface area contributed by atoms with Crippen molar-refractivity contribution in [2.45, 2.75) is 12.6 Å². The zero-order valence-corrected chi connectivity index (χ0v) is 13.1. The highest BCUT2D eigenvalue weighted by atomic mass is 79.9. The molecule has 0 aliphatic carbocycles. The number of benzene rings is 1. The van der Waals surface area contributed by atoms with Crippen molar-refractivity contribution in [1.82, 2.24) is 9.47 Å². The Kier molecular flexibility index (Phi) is 4.43. The summed E-state index contributed by atoms with van der Waals surface area (Å²) in [6.45, 7) is 0.686. The van der Waals surface area contributed by atoms with Gasteiger partial charge in [0.2, 0.25) is 0 Å². The number of carbonyl (C=O) groups is 1. The van der Waals surface area contributed by atoms with Crippen LogP contribution in [-0.4, -0.2) is 42.2 Å². The van der Waals surface area contributed by atoms with Crippen LogP contribution >= 0.6 is 15.9 Å². The summed E-state index contributed by atoms with van der Waals surface area (Å²) >= 11 is 3.31. The Morgan fingerprint density at radius 2 is 2.00 bits per heavy atom. The quantitative estimate of drug-likeness (QED) is 0.831. The number of rotatable bonds is 3. The number of hydrogen-bond acceptors (Lipinski definition) is 2. The second-order valence-corrected chi connectivity index (χ2v) is 5.96. The zero-order valence-electron chi connectivity index (χ0n) is 11.5. The Morgan fingerprint density at radius 3 is 2.57 bits per heavy atom. The first-order valence-corrected chi connectivity index (χ1v) is 7.05. The highest BCUT2D eigenvalue weighted by molar-refractivity contribution is 9.10. The van der Waals surface area contributed by atoms with Gasteiger partial charge in [0.25, 0.3) is 0 Å². The van der Waals surface area contributed by atoms with Crippen LogP contribution in [0.3, 0.4) is 0 Å². The summed E-state index contributed by atoms with van der Waals surface area (Å²) in [5.41, 5.74) is 0.992. The van der Waals surface area contributed by atoms with E-state index in [1.165, 1.54) is 12.3 Å². The summed E-state index contributed by atoms with van der Waals surface area (Å²) in [6.07, 6.45) is -3.04. The number of carbonyl (C=O) groups excluding carboxylic acids is 1. The van der Waals surface area contributed by atoms with Crippen molar-refractivity contribution in [3.63, 3.8) is 0 Å². The maximum atomic E-state index is 12.7. The van der Waals surface area contributed by atoms with Crippen LogP contribution in [0.1, 0.15) is 10.4 Å². The number of fused-ring (bicyclic) bond motifs is 1. The molecule has 0 amide bonds. The first kappa shape index (κ1) is 16.0. The summed E-state index contributed by atoms with van der Waals surface area (Å²) in [5, 5.41) is 0.656. The molecule has 0 aliphatic heterocycles. The molecule has 3 nitrogen and oxygen atoms in total. The SMILES string of the molecule is CN(C)CCc1cn(C(=O)C(F)(F)F)c2ccc(Br)cc12. The Labute approximate surface area is 128 Å². The van der Waals surface area contributed by atoms with Gasteiger partial charge in [0.1, 0.15) is 0 Å². The third-order valence-electron chi connectivity index (χ3n) is 3.14. The van der Waals surface area contributed by atoms with Gasteiger partial charge in [-0.2, -0.15) is 13.2 Å². The van der Waals surface area contributed by atoms with Crippen LogP contribution in [0.25, 0.3) is 10.9 Å². The van der Waals surface area contributed by atoms with E-state index in [1.54, 1.807) is 12.1 Å². The monoisotopic (exact) mass is 362 g/mol. The second-order valence-electron chi connectivity index (χ2n) is 5.04. The normalized spacial score (nSPS) is 12.3. The van der Waals surface area contributed by atoms with Crippen molar-refractivity contribution in [3.05, 3.63) is 34.4 Å². The highest BCUT2D eigenvalue weighted by Gasteiger charge is 2.40. The zero-order chi connectivity index (χ0) is 15.8. The minimum absolute atomic E-state index is 0.272. The van der Waals surface area contributed by atoms with E-state index in [0.29, 0.717) is 22.9 Å². The van der Waals surface area contributed by atoms with Crippen LogP contribution in [0.4, 0.5) is 13.2 Å². The average Bonchev–Trinajstić information content (AvgIpc) is 2.72. The molecule has 1 aromatic heterocycles. The topological polar surface area (TPSA) is 25.2 Å². The molecule has 0 spiro atoms. The standard InChI is InChI=1S/C14H14BrF3N2O/c1-19(2)6-5-9-8-20(13(21)14(16,17)18)12-4-3-10(15)7-11(9)12/h3-4,7-8H,5-6H2,1-2H3. The number of nitrogens with zero attached hydrogens (tertiary/aromatic N) is 2. The van der Waals surface area contributed by atoms with Gasteiger partial charge < -0.3 is 4.90 Å². The van der Waals surface area contributed by atoms with Crippen molar-refractivity contribution in [2.24, 2.45) is 0 Å². The molecule has 0 saturated heterocycles. The summed E-state index contributed by atoms with van der Waals surface area (Å²) in [7, 11) is 3.77. The van der Waals surface area contributed by atoms with E-state index in [-0.39, 0.29) is 5.52 Å². The van der Waals surface area contributed by atoms with Gasteiger partial charge in [-0.3, -0.25) is 9.36 Å². The van der Waals surface area contributed by atoms with E-state index in [9.17, 15) is 18.0 Å². The van der Waals surface area contributed by atoms with Gasteiger partial charge in [-0.1, -0.05) is 15.9 Å². The Hall–Kier alpha value is -1.34. The fraction of sp³-hybridized carbons (Fsp3) is 0.357. The van der Waals surface area contributed by atoms with E-state index in [4.69, 9.17) is 0 Å². The molecule has 7 heteroatoms. The third kappa shape index (κ3) is 3.47. The smallest absolute Gasteiger partial charge is 0.309 e. The summed E-state index contributed by atoms with van der Waals surface area (Å²) in [5.74, 6) is -1.87. The van der Waals surface area contributed by atoms with Crippen molar-refractivity contribution in [3.8, 4) is 0 Å². The molecule has 21 heavy (non-hydrogen) atoms. The number of aromatic nitrogens is 1. The van der Waals surface area contributed by atoms with E-state index >= 15 is 0 Å². The molecule has 0 N–H and O–H groups in total. The second kappa shape index (κ2) is 5.81. The fourth-order valence-electron chi connectivity index (χ4n) is 2.12. The first-order chi connectivity index (χ1) is 9.70. The first-order valence-electron chi connectivity index (χ1n) is 6.26. The lowest BCUT2D eigenvalue weighted by Crippen LogP contribution is -2.28. The highest BCUT2D eigenvalue weighted by Crippen LogP contribution is 2.28. The van der Waals surface area contributed by atoms with Gasteiger partial charge in [-0.05, 0) is 44.3 Å². The minimum Gasteiger partial charge on any atom is -0.309 e. The molecular weight excluding hydrogens is 349 g/mol. The summed E-state index contributed by atoms with van der Waals surface area (Å²) in [6, 6.07) is 4.88. The molecule has 0 radical (unpaired) electrons. The van der Waals surface area contributed by atoms with Crippen LogP contribution < -0.4 is 0 Å². The maximum Gasteiger partial charge on any atom is 0.472 e. The van der Waals surface area contributed by atoms with Crippen molar-refractivity contribution >= 4 is 32.7 Å². The third-order valence-corrected chi connectivity index (χ3v) is 3.63. The lowest BCUT2D eigenvalue weighted by atomic mass is 10.1. The van der Waals surface area contributed by atoms with Crippen LogP contribution in [0.2, 0.25) is 0 Å². The van der Waals surface area contributed by atoms with Crippen LogP contribution in [0, 0.1) is 0 Å². The molecule has 2 aromatic rings. The molecule has 0 unspecified atom stereocenters. The number of likely N-dealkylation sites (N-methyl/N-ethyl adjacent to an activating group) is 1. The Balaban J connectivity index is 2.54. The summed E-state index contributed by atoms with van der Waals surface area (Å²) in [4.78, 5) is 13.5. The molecule has 1 aromatic carbocycles. The van der Waals surface area contributed by atoms with Gasteiger partial charge in [0.15, 0.2) is 0 Å². The van der Waals surface area contributed by atoms with Gasteiger partial charge in [0, 0.05) is 22.6 Å². The van der Waals surface area contributed by atoms with Crippen LogP contribution in [-0.2, 0) is 6.42 Å². The lowest BCUT2D eigenvalue weighted by Gasteiger charge is -2.08. The largest absolute Gasteiger partial charge is 0.472 e. The van der Waals surface area contributed by atoms with E-state index in [0.717, 1.165) is 10.0 Å². The molecule has 2 rings (SSSR count). The van der Waals surface area contributed by atoms with Crippen molar-refractivity contribution in [1.29, 1.82) is 0 Å². The van der Waals surface area contributed by atoms with Gasteiger partial charge in [-0.25, -0.2) is 0 Å². The average molecular weight is 363 g/mol. The van der Waals surface area contributed by atoms with Gasteiger partial charge in [-0.15, -0.1) is 0 Å². The predicted octanol–water partition coefficient (Wildman–Crippen LogP) is 3.71. The Bertz CT molecular complexity index is 677. The van der Waals surface area contributed by atoms with E-state index in [2.05, 4.69) is 15.9 Å². The molecule has 114 valence electrons. The molecular formula is C14H14BrF3N2O. The predicted molar refractivity (Wildman–Crippen MR) is 78.6 cm³/mol. The lowest BCUT2D eigenvalue weighted by molar-refractivity contribution is -0.0943. The molecule has 0 saturated carbocycles. The van der Waals surface area contributed by atoms with E-state index < -0.39 is 12.1 Å². The number of alkyl halides is 3. The van der Waals surface area contributed by atoms with Crippen molar-refractivity contribution < 1.29 is 18.0 Å². The molecule has 0 atom stereocenters. The number of hydrogen-bond donors (Lipinski definition) is 0.